The summed E-state index contributed by atoms with van der Waals surface area (Å²) in [6, 6.07) is 22.4. The summed E-state index contributed by atoms with van der Waals surface area (Å²) in [6.07, 6.45) is 0. The van der Waals surface area contributed by atoms with E-state index in [0.29, 0.717) is 33.3 Å². The molecule has 0 bridgehead atoms. The average Bonchev–Trinajstić information content (AvgIpc) is 2.67. The number of benzene rings is 3. The zero-order valence-corrected chi connectivity index (χ0v) is 14.3. The predicted molar refractivity (Wildman–Crippen MR) is 102 cm³/mol. The fourth-order valence-corrected chi connectivity index (χ4v) is 3.67. The van der Waals surface area contributed by atoms with E-state index in [-0.39, 0.29) is 5.78 Å². The number of carbonyl (C=O) groups excluding carboxylic acids is 1. The molecule has 26 heavy (non-hydrogen) atoms. The Kier molecular flexibility index (Phi) is 3.30. The SMILES string of the molecule is O=C1c2ccccc2-c2cc(Cl)nc3ccc(Oc4ccccc4)c1c23. The normalized spacial score (nSPS) is 12.1. The molecular weight excluding hydrogens is 346 g/mol. The van der Waals surface area contributed by atoms with Gasteiger partial charge in [0.05, 0.1) is 11.1 Å². The Morgan fingerprint density at radius 2 is 1.54 bits per heavy atom. The van der Waals surface area contributed by atoms with Crippen LogP contribution in [0.15, 0.2) is 72.8 Å². The van der Waals surface area contributed by atoms with Gasteiger partial charge < -0.3 is 4.74 Å². The van der Waals surface area contributed by atoms with Crippen LogP contribution in [0, 0.1) is 0 Å². The molecule has 0 saturated carbocycles. The molecule has 3 nitrogen and oxygen atoms in total. The minimum atomic E-state index is -0.0613. The van der Waals surface area contributed by atoms with Gasteiger partial charge in [0.1, 0.15) is 16.7 Å². The highest BCUT2D eigenvalue weighted by Crippen LogP contribution is 2.44. The van der Waals surface area contributed by atoms with Gasteiger partial charge in [-0.3, -0.25) is 4.79 Å². The monoisotopic (exact) mass is 357 g/mol. The highest BCUT2D eigenvalue weighted by atomic mass is 35.5. The molecule has 0 saturated heterocycles. The van der Waals surface area contributed by atoms with Gasteiger partial charge in [0, 0.05) is 10.9 Å². The van der Waals surface area contributed by atoms with Crippen LogP contribution in [0.1, 0.15) is 15.9 Å². The van der Waals surface area contributed by atoms with E-state index < -0.39 is 0 Å². The molecule has 0 aliphatic heterocycles. The number of ether oxygens (including phenoxy) is 1. The third kappa shape index (κ3) is 2.21. The molecule has 3 aromatic carbocycles. The minimum absolute atomic E-state index is 0.0613. The molecule has 1 heterocycles. The zero-order valence-electron chi connectivity index (χ0n) is 13.6. The predicted octanol–water partition coefficient (Wildman–Crippen LogP) is 5.89. The van der Waals surface area contributed by atoms with E-state index >= 15 is 0 Å². The fraction of sp³-hybridized carbons (Fsp3) is 0. The van der Waals surface area contributed by atoms with Crippen LogP contribution in [0.2, 0.25) is 5.15 Å². The summed E-state index contributed by atoms with van der Waals surface area (Å²) in [6.45, 7) is 0. The van der Waals surface area contributed by atoms with Crippen molar-refractivity contribution in [3.05, 3.63) is 89.1 Å². The Balaban J connectivity index is 1.84. The number of aromatic nitrogens is 1. The molecule has 1 aliphatic carbocycles. The first-order chi connectivity index (χ1) is 12.7. The van der Waals surface area contributed by atoms with E-state index in [4.69, 9.17) is 16.3 Å². The Labute approximate surface area is 154 Å². The van der Waals surface area contributed by atoms with Crippen molar-refractivity contribution in [3.63, 3.8) is 0 Å². The number of para-hydroxylation sites is 1. The lowest BCUT2D eigenvalue weighted by atomic mass is 9.84. The van der Waals surface area contributed by atoms with Crippen LogP contribution in [0.3, 0.4) is 0 Å². The van der Waals surface area contributed by atoms with Gasteiger partial charge in [-0.2, -0.15) is 0 Å². The maximum Gasteiger partial charge on any atom is 0.198 e. The molecular formula is C22H12ClNO2. The van der Waals surface area contributed by atoms with Crippen molar-refractivity contribution >= 4 is 28.3 Å². The molecule has 0 radical (unpaired) electrons. The van der Waals surface area contributed by atoms with E-state index in [1.165, 1.54) is 0 Å². The Morgan fingerprint density at radius 1 is 0.808 bits per heavy atom. The zero-order chi connectivity index (χ0) is 17.7. The first-order valence-corrected chi connectivity index (χ1v) is 8.60. The third-order valence-electron chi connectivity index (χ3n) is 4.57. The van der Waals surface area contributed by atoms with Gasteiger partial charge in [-0.1, -0.05) is 54.1 Å². The van der Waals surface area contributed by atoms with Gasteiger partial charge in [0.25, 0.3) is 0 Å². The second-order valence-corrected chi connectivity index (χ2v) is 6.50. The van der Waals surface area contributed by atoms with Gasteiger partial charge in [-0.15, -0.1) is 0 Å². The molecule has 0 amide bonds. The molecule has 0 spiro atoms. The van der Waals surface area contributed by atoms with Gasteiger partial charge in [-0.25, -0.2) is 4.98 Å². The van der Waals surface area contributed by atoms with Crippen molar-refractivity contribution < 1.29 is 9.53 Å². The number of halogens is 1. The maximum absolute atomic E-state index is 13.2. The van der Waals surface area contributed by atoms with E-state index in [1.807, 2.05) is 66.7 Å². The van der Waals surface area contributed by atoms with Crippen LogP contribution >= 0.6 is 11.6 Å². The van der Waals surface area contributed by atoms with Crippen LogP contribution in [0.4, 0.5) is 0 Å². The minimum Gasteiger partial charge on any atom is -0.457 e. The van der Waals surface area contributed by atoms with Crippen LogP contribution in [0.25, 0.3) is 22.0 Å². The molecule has 4 heteroatoms. The van der Waals surface area contributed by atoms with Crippen LogP contribution in [0.5, 0.6) is 11.5 Å². The largest absolute Gasteiger partial charge is 0.457 e. The molecule has 1 aliphatic rings. The topological polar surface area (TPSA) is 39.2 Å². The number of hydrogen-bond donors (Lipinski definition) is 0. The van der Waals surface area contributed by atoms with Gasteiger partial charge in [-0.05, 0) is 41.5 Å². The molecule has 1 aromatic heterocycles. The van der Waals surface area contributed by atoms with E-state index in [1.54, 1.807) is 6.07 Å². The first-order valence-electron chi connectivity index (χ1n) is 8.22. The summed E-state index contributed by atoms with van der Waals surface area (Å²) in [7, 11) is 0. The Hall–Kier alpha value is -3.17. The quantitative estimate of drug-likeness (QED) is 0.370. The summed E-state index contributed by atoms with van der Waals surface area (Å²) in [4.78, 5) is 17.6. The average molecular weight is 358 g/mol. The highest BCUT2D eigenvalue weighted by molar-refractivity contribution is 6.32. The van der Waals surface area contributed by atoms with Crippen molar-refractivity contribution in [1.82, 2.24) is 4.98 Å². The van der Waals surface area contributed by atoms with Gasteiger partial charge in [0.15, 0.2) is 5.78 Å². The lowest BCUT2D eigenvalue weighted by molar-refractivity contribution is 0.103. The van der Waals surface area contributed by atoms with Crippen LogP contribution < -0.4 is 4.74 Å². The maximum atomic E-state index is 13.2. The first kappa shape index (κ1) is 15.1. The fourth-order valence-electron chi connectivity index (χ4n) is 3.47. The Bertz CT molecular complexity index is 1190. The van der Waals surface area contributed by atoms with Crippen molar-refractivity contribution in [1.29, 1.82) is 0 Å². The summed E-state index contributed by atoms with van der Waals surface area (Å²) in [5.74, 6) is 1.14. The molecule has 4 aromatic rings. The second kappa shape index (κ2) is 5.68. The molecule has 0 fully saturated rings. The second-order valence-electron chi connectivity index (χ2n) is 6.12. The van der Waals surface area contributed by atoms with Crippen molar-refractivity contribution in [2.75, 3.05) is 0 Å². The number of pyridine rings is 1. The molecule has 0 unspecified atom stereocenters. The van der Waals surface area contributed by atoms with Crippen molar-refractivity contribution in [2.24, 2.45) is 0 Å². The van der Waals surface area contributed by atoms with E-state index in [9.17, 15) is 4.79 Å². The lowest BCUT2D eigenvalue weighted by Gasteiger charge is -2.22. The lowest BCUT2D eigenvalue weighted by Crippen LogP contribution is -2.12. The number of fused-ring (bicyclic) bond motifs is 2. The molecule has 5 rings (SSSR count). The third-order valence-corrected chi connectivity index (χ3v) is 4.76. The van der Waals surface area contributed by atoms with Crippen LogP contribution in [-0.4, -0.2) is 10.8 Å². The number of carbonyl (C=O) groups is 1. The van der Waals surface area contributed by atoms with Gasteiger partial charge >= 0.3 is 0 Å². The number of hydrogen-bond acceptors (Lipinski definition) is 3. The summed E-state index contributed by atoms with van der Waals surface area (Å²) < 4.78 is 6.03. The summed E-state index contributed by atoms with van der Waals surface area (Å²) in [5, 5.41) is 1.19. The van der Waals surface area contributed by atoms with Crippen molar-refractivity contribution in [2.45, 2.75) is 0 Å². The van der Waals surface area contributed by atoms with E-state index in [2.05, 4.69) is 4.98 Å². The van der Waals surface area contributed by atoms with Gasteiger partial charge in [0.2, 0.25) is 0 Å². The number of rotatable bonds is 2. The molecule has 0 N–H and O–H groups in total. The van der Waals surface area contributed by atoms with E-state index in [0.717, 1.165) is 16.5 Å². The van der Waals surface area contributed by atoms with Crippen molar-refractivity contribution in [3.8, 4) is 22.6 Å². The molecule has 124 valence electrons. The smallest absolute Gasteiger partial charge is 0.198 e. The van der Waals surface area contributed by atoms with Crippen LogP contribution in [-0.2, 0) is 0 Å². The molecule has 0 atom stereocenters. The highest BCUT2D eigenvalue weighted by Gasteiger charge is 2.29. The summed E-state index contributed by atoms with van der Waals surface area (Å²) in [5.41, 5.74) is 3.64. The standard InChI is InChI=1S/C22H12ClNO2/c23-19-12-16-14-8-4-5-9-15(14)22(25)21-18(11-10-17(24-19)20(16)21)26-13-6-2-1-3-7-13/h1-12H. The Morgan fingerprint density at radius 3 is 2.35 bits per heavy atom. The number of nitrogens with zero attached hydrogens (tertiary/aromatic N) is 1. The number of ketones is 1. The summed E-state index contributed by atoms with van der Waals surface area (Å²) >= 11 is 6.22.